The summed E-state index contributed by atoms with van der Waals surface area (Å²) in [5.41, 5.74) is 8.05. The van der Waals surface area contributed by atoms with E-state index in [0.717, 1.165) is 79.8 Å². The number of hydrogen-bond acceptors (Lipinski definition) is 8. The molecule has 0 unspecified atom stereocenters. The van der Waals surface area contributed by atoms with Gasteiger partial charge in [-0.25, -0.2) is 4.98 Å². The summed E-state index contributed by atoms with van der Waals surface area (Å²) in [6, 6.07) is 19.0. The molecule has 0 bridgehead atoms. The smallest absolute Gasteiger partial charge is 0.246 e. The van der Waals surface area contributed by atoms with Crippen LogP contribution in [0.3, 0.4) is 0 Å². The summed E-state index contributed by atoms with van der Waals surface area (Å²) in [5.74, 6) is 2.72. The van der Waals surface area contributed by atoms with Gasteiger partial charge in [-0.15, -0.1) is 21.5 Å². The van der Waals surface area contributed by atoms with Crippen LogP contribution in [0.2, 0.25) is 0 Å². The Kier molecular flexibility index (Phi) is 5.59. The molecule has 3 aliphatic heterocycles. The summed E-state index contributed by atoms with van der Waals surface area (Å²) in [6.45, 7) is 5.95. The summed E-state index contributed by atoms with van der Waals surface area (Å²) in [7, 11) is 1.71. The first-order chi connectivity index (χ1) is 19.1. The van der Waals surface area contributed by atoms with Crippen LogP contribution in [0, 0.1) is 13.8 Å². The number of nitrogens with zero attached hydrogens (tertiary/aromatic N) is 6. The average Bonchev–Trinajstić information content (AvgIpc) is 3.62. The summed E-state index contributed by atoms with van der Waals surface area (Å²) in [6.07, 6.45) is 1.86. The molecule has 2 aromatic carbocycles. The Morgan fingerprint density at radius 1 is 1.00 bits per heavy atom. The maximum Gasteiger partial charge on any atom is 0.246 e. The van der Waals surface area contributed by atoms with Gasteiger partial charge in [0.25, 0.3) is 0 Å². The highest BCUT2D eigenvalue weighted by atomic mass is 32.1. The number of nitrogens with one attached hydrogen (secondary N) is 2. The molecule has 9 heteroatoms. The van der Waals surface area contributed by atoms with Crippen LogP contribution in [0.4, 0.5) is 17.3 Å². The maximum absolute atomic E-state index is 4.66. The van der Waals surface area contributed by atoms with Gasteiger partial charge < -0.3 is 15.2 Å². The van der Waals surface area contributed by atoms with E-state index in [0.29, 0.717) is 5.62 Å². The number of aromatic nitrogens is 5. The van der Waals surface area contributed by atoms with Gasteiger partial charge >= 0.3 is 0 Å². The highest BCUT2D eigenvalue weighted by Crippen LogP contribution is 2.39. The average molecular weight is 531 g/mol. The largest absolute Gasteiger partial charge is 0.369 e. The second kappa shape index (κ2) is 9.28. The first-order valence-corrected chi connectivity index (χ1v) is 13.7. The zero-order valence-corrected chi connectivity index (χ0v) is 22.7. The molecule has 2 N–H and O–H groups in total. The number of aryl methyl sites for hydroxylation is 2. The van der Waals surface area contributed by atoms with E-state index in [1.165, 1.54) is 5.56 Å². The van der Waals surface area contributed by atoms with E-state index in [1.54, 1.807) is 18.4 Å². The van der Waals surface area contributed by atoms with Crippen molar-refractivity contribution in [1.29, 1.82) is 0 Å². The number of anilines is 3. The van der Waals surface area contributed by atoms with Crippen molar-refractivity contribution in [3.63, 3.8) is 0 Å². The molecule has 5 heterocycles. The van der Waals surface area contributed by atoms with E-state index in [1.807, 2.05) is 18.3 Å². The van der Waals surface area contributed by atoms with E-state index in [-0.39, 0.29) is 0 Å². The molecule has 7 rings (SSSR count). The van der Waals surface area contributed by atoms with Crippen molar-refractivity contribution in [2.45, 2.75) is 20.4 Å². The van der Waals surface area contributed by atoms with Crippen molar-refractivity contribution < 1.29 is 0 Å². The van der Waals surface area contributed by atoms with Crippen LogP contribution in [0.1, 0.15) is 11.1 Å². The molecule has 4 aromatic rings. The minimum Gasteiger partial charge on any atom is -0.369 e. The summed E-state index contributed by atoms with van der Waals surface area (Å²) < 4.78 is 2.23. The molecule has 0 amide bonds. The molecule has 0 radical (unpaired) electrons. The molecule has 39 heavy (non-hydrogen) atoms. The molecule has 0 atom stereocenters. The minimum atomic E-state index is 0.498. The molecule has 0 saturated heterocycles. The second-order valence-corrected chi connectivity index (χ2v) is 10.7. The summed E-state index contributed by atoms with van der Waals surface area (Å²) in [5, 5.41) is 20.6. The molecule has 0 aliphatic carbocycles. The van der Waals surface area contributed by atoms with E-state index in [2.05, 4.69) is 102 Å². The van der Waals surface area contributed by atoms with Gasteiger partial charge in [-0.1, -0.05) is 30.3 Å². The van der Waals surface area contributed by atoms with Crippen molar-refractivity contribution >= 4 is 39.4 Å². The number of rotatable bonds is 4. The number of benzene rings is 2. The Bertz CT molecular complexity index is 1920. The van der Waals surface area contributed by atoms with Crippen molar-refractivity contribution in [2.24, 2.45) is 4.99 Å². The third kappa shape index (κ3) is 4.02. The van der Waals surface area contributed by atoms with Crippen molar-refractivity contribution in [1.82, 2.24) is 24.7 Å². The monoisotopic (exact) mass is 530 g/mol. The quantitative estimate of drug-likeness (QED) is 0.289. The van der Waals surface area contributed by atoms with Crippen LogP contribution in [0.25, 0.3) is 43.9 Å². The van der Waals surface area contributed by atoms with Gasteiger partial charge in [0.05, 0.1) is 4.88 Å². The lowest BCUT2D eigenvalue weighted by atomic mass is 9.98. The predicted molar refractivity (Wildman–Crippen MR) is 158 cm³/mol. The SMILES string of the molecule is CN=c1ncc2cc(-c3ccc(Nc4nnc(-c5cc(C)cs5)c5ccccc45)cc3C)c3n(c-2n1)CCN3. The molecular formula is C30H26N8S. The topological polar surface area (TPSA) is 92.9 Å². The Morgan fingerprint density at radius 2 is 1.87 bits per heavy atom. The molecule has 8 nitrogen and oxygen atoms in total. The molecule has 0 spiro atoms. The summed E-state index contributed by atoms with van der Waals surface area (Å²) >= 11 is 1.70. The van der Waals surface area contributed by atoms with Crippen molar-refractivity contribution in [3.05, 3.63) is 82.9 Å². The van der Waals surface area contributed by atoms with Gasteiger partial charge in [0.15, 0.2) is 5.82 Å². The number of thiophene rings is 1. The first-order valence-electron chi connectivity index (χ1n) is 12.9. The second-order valence-electron chi connectivity index (χ2n) is 9.74. The van der Waals surface area contributed by atoms with Crippen LogP contribution < -0.4 is 16.3 Å². The van der Waals surface area contributed by atoms with Crippen LogP contribution in [0.5, 0.6) is 0 Å². The van der Waals surface area contributed by atoms with Crippen LogP contribution in [0.15, 0.2) is 71.2 Å². The van der Waals surface area contributed by atoms with Crippen LogP contribution in [-0.2, 0) is 6.54 Å². The third-order valence-electron chi connectivity index (χ3n) is 7.12. The fourth-order valence-electron chi connectivity index (χ4n) is 5.29. The lowest BCUT2D eigenvalue weighted by Gasteiger charge is -2.18. The van der Waals surface area contributed by atoms with E-state index in [9.17, 15) is 0 Å². The van der Waals surface area contributed by atoms with Gasteiger partial charge in [-0.05, 0) is 60.2 Å². The van der Waals surface area contributed by atoms with Gasteiger partial charge in [0.1, 0.15) is 17.3 Å². The lowest BCUT2D eigenvalue weighted by molar-refractivity contribution is 0.779. The zero-order chi connectivity index (χ0) is 26.5. The Balaban J connectivity index is 1.27. The molecular weight excluding hydrogens is 504 g/mol. The normalized spacial score (nSPS) is 13.2. The molecule has 3 aliphatic rings. The molecule has 0 saturated carbocycles. The first kappa shape index (κ1) is 23.5. The van der Waals surface area contributed by atoms with Crippen LogP contribution in [-0.4, -0.2) is 38.3 Å². The molecule has 2 aromatic heterocycles. The van der Waals surface area contributed by atoms with Crippen molar-refractivity contribution in [3.8, 4) is 33.1 Å². The van der Waals surface area contributed by atoms with E-state index < -0.39 is 0 Å². The lowest BCUT2D eigenvalue weighted by Crippen LogP contribution is -2.17. The number of hydrogen-bond donors (Lipinski definition) is 2. The van der Waals surface area contributed by atoms with Gasteiger partial charge in [0, 0.05) is 53.9 Å². The fraction of sp³-hybridized carbons (Fsp3) is 0.167. The van der Waals surface area contributed by atoms with Gasteiger partial charge in [-0.3, -0.25) is 4.99 Å². The standard InChI is InChI=1S/C30H26N8S/c1-17-12-25(39-16-17)26-22-6-4-5-7-23(22)27(37-36-26)34-20-8-9-21(18(2)13-20)24-14-19-15-33-30(31-3)35-28(19)38-11-10-32-29(24)38/h4-9,12-16,32H,10-11H2,1-3H3,(H,34,37). The third-order valence-corrected chi connectivity index (χ3v) is 8.18. The molecule has 0 fully saturated rings. The van der Waals surface area contributed by atoms with Crippen molar-refractivity contribution in [2.75, 3.05) is 24.2 Å². The number of pyridine rings is 1. The van der Waals surface area contributed by atoms with Gasteiger partial charge in [0.2, 0.25) is 5.62 Å². The predicted octanol–water partition coefficient (Wildman–Crippen LogP) is 6.04. The Morgan fingerprint density at radius 3 is 2.67 bits per heavy atom. The number of fused-ring (bicyclic) bond motifs is 4. The minimum absolute atomic E-state index is 0.498. The Hall–Kier alpha value is -4.63. The van der Waals surface area contributed by atoms with E-state index in [4.69, 9.17) is 0 Å². The fourth-order valence-corrected chi connectivity index (χ4v) is 6.19. The van der Waals surface area contributed by atoms with Crippen LogP contribution >= 0.6 is 11.3 Å². The maximum atomic E-state index is 4.66. The highest BCUT2D eigenvalue weighted by molar-refractivity contribution is 7.13. The molecule has 192 valence electrons. The van der Waals surface area contributed by atoms with Gasteiger partial charge in [-0.2, -0.15) is 4.98 Å². The van der Waals surface area contributed by atoms with E-state index >= 15 is 0 Å². The highest BCUT2D eigenvalue weighted by Gasteiger charge is 2.23. The zero-order valence-electron chi connectivity index (χ0n) is 21.9. The Labute approximate surface area is 229 Å². The summed E-state index contributed by atoms with van der Waals surface area (Å²) in [4.78, 5) is 14.3.